The number of esters is 1. The van der Waals surface area contributed by atoms with Gasteiger partial charge in [-0.05, 0) is 61.0 Å². The van der Waals surface area contributed by atoms with Gasteiger partial charge in [0, 0.05) is 17.0 Å². The van der Waals surface area contributed by atoms with Crippen molar-refractivity contribution in [1.29, 1.82) is 0 Å². The third kappa shape index (κ3) is 4.66. The van der Waals surface area contributed by atoms with Crippen molar-refractivity contribution in [2.75, 3.05) is 6.61 Å². The van der Waals surface area contributed by atoms with Crippen LogP contribution in [-0.4, -0.2) is 18.4 Å². The number of ether oxygens (including phenoxy) is 3. The molecule has 0 unspecified atom stereocenters. The van der Waals surface area contributed by atoms with Gasteiger partial charge in [-0.15, -0.1) is 0 Å². The highest BCUT2D eigenvalue weighted by atomic mass is 19.1. The minimum atomic E-state index is -0.638. The van der Waals surface area contributed by atoms with E-state index < -0.39 is 11.8 Å². The lowest BCUT2D eigenvalue weighted by atomic mass is 10.1. The Morgan fingerprint density at radius 2 is 1.74 bits per heavy atom. The van der Waals surface area contributed by atoms with Crippen LogP contribution in [0.4, 0.5) is 4.39 Å². The zero-order valence-electron chi connectivity index (χ0n) is 20.8. The third-order valence-electron chi connectivity index (χ3n) is 6.21. The molecule has 0 saturated carbocycles. The number of fused-ring (bicyclic) bond motifs is 2. The second-order valence-electron chi connectivity index (χ2n) is 8.81. The Labute approximate surface area is 222 Å². The highest BCUT2D eigenvalue weighted by Crippen LogP contribution is 2.38. The van der Waals surface area contributed by atoms with Crippen LogP contribution in [0, 0.1) is 5.82 Å². The standard InChI is InChI=1S/C32H21FO6/c1-2-36-22-12-14-26-25(17-22)29(31(39-26)20-8-4-3-5-9-20)32(35)37-23-11-13-24-27(18-23)38-28(30(24)34)16-19-7-6-10-21(33)15-19/h3-18H,2H2,1H3. The number of benzene rings is 4. The molecule has 1 aliphatic rings. The van der Waals surface area contributed by atoms with E-state index >= 15 is 0 Å². The Morgan fingerprint density at radius 3 is 2.54 bits per heavy atom. The normalized spacial score (nSPS) is 13.4. The SMILES string of the molecule is CCOc1ccc2oc(-c3ccccc3)c(C(=O)Oc3ccc4c(c3)OC(=Cc3cccc(F)c3)C4=O)c2c1. The van der Waals surface area contributed by atoms with Crippen LogP contribution in [-0.2, 0) is 0 Å². The first kappa shape index (κ1) is 24.2. The maximum atomic E-state index is 13.6. The monoisotopic (exact) mass is 520 g/mol. The Bertz CT molecular complexity index is 1770. The summed E-state index contributed by atoms with van der Waals surface area (Å²) in [5, 5.41) is 0.553. The van der Waals surface area contributed by atoms with Crippen molar-refractivity contribution >= 4 is 28.8 Å². The maximum absolute atomic E-state index is 13.6. The van der Waals surface area contributed by atoms with Crippen LogP contribution in [0.5, 0.6) is 17.2 Å². The fourth-order valence-electron chi connectivity index (χ4n) is 4.47. The van der Waals surface area contributed by atoms with Crippen molar-refractivity contribution < 1.29 is 32.6 Å². The number of allylic oxidation sites excluding steroid dienone is 1. The lowest BCUT2D eigenvalue weighted by Crippen LogP contribution is -2.09. The molecule has 1 aliphatic heterocycles. The van der Waals surface area contributed by atoms with E-state index in [0.717, 1.165) is 0 Å². The van der Waals surface area contributed by atoms with Gasteiger partial charge in [0.2, 0.25) is 5.78 Å². The van der Waals surface area contributed by atoms with Crippen LogP contribution in [0.15, 0.2) is 101 Å². The van der Waals surface area contributed by atoms with E-state index in [9.17, 15) is 14.0 Å². The molecule has 1 aromatic heterocycles. The lowest BCUT2D eigenvalue weighted by Gasteiger charge is -2.07. The zero-order valence-corrected chi connectivity index (χ0v) is 20.8. The highest BCUT2D eigenvalue weighted by Gasteiger charge is 2.29. The first-order valence-corrected chi connectivity index (χ1v) is 12.3. The Balaban J connectivity index is 1.34. The number of rotatable bonds is 6. The first-order valence-electron chi connectivity index (χ1n) is 12.3. The molecule has 2 heterocycles. The number of Topliss-reactive ketones (excluding diaryl/α,β-unsaturated/α-hetero) is 1. The number of hydrogen-bond donors (Lipinski definition) is 0. The number of furan rings is 1. The fourth-order valence-corrected chi connectivity index (χ4v) is 4.47. The van der Waals surface area contributed by atoms with Gasteiger partial charge in [-0.3, -0.25) is 4.79 Å². The van der Waals surface area contributed by atoms with Crippen LogP contribution >= 0.6 is 0 Å². The summed E-state index contributed by atoms with van der Waals surface area (Å²) in [5.41, 5.74) is 2.29. The summed E-state index contributed by atoms with van der Waals surface area (Å²) in [7, 11) is 0. The molecular formula is C32H21FO6. The smallest absolute Gasteiger partial charge is 0.348 e. The summed E-state index contributed by atoms with van der Waals surface area (Å²) in [4.78, 5) is 26.4. The zero-order chi connectivity index (χ0) is 26.9. The van der Waals surface area contributed by atoms with Gasteiger partial charge >= 0.3 is 5.97 Å². The average molecular weight is 521 g/mol. The second-order valence-corrected chi connectivity index (χ2v) is 8.81. The van der Waals surface area contributed by atoms with Crippen molar-refractivity contribution in [2.45, 2.75) is 6.92 Å². The van der Waals surface area contributed by atoms with E-state index in [1.54, 1.807) is 30.3 Å². The molecule has 0 amide bonds. The molecule has 0 bridgehead atoms. The van der Waals surface area contributed by atoms with Crippen molar-refractivity contribution in [1.82, 2.24) is 0 Å². The maximum Gasteiger partial charge on any atom is 0.348 e. The molecule has 5 aromatic rings. The number of ketones is 1. The largest absolute Gasteiger partial charge is 0.494 e. The first-order chi connectivity index (χ1) is 19.0. The van der Waals surface area contributed by atoms with Crippen LogP contribution in [0.25, 0.3) is 28.4 Å². The summed E-state index contributed by atoms with van der Waals surface area (Å²) in [6.07, 6.45) is 1.47. The molecule has 0 saturated heterocycles. The summed E-state index contributed by atoms with van der Waals surface area (Å²) in [6, 6.07) is 24.9. The van der Waals surface area contributed by atoms with Gasteiger partial charge in [0.15, 0.2) is 5.76 Å². The van der Waals surface area contributed by atoms with Gasteiger partial charge in [-0.2, -0.15) is 0 Å². The third-order valence-corrected chi connectivity index (χ3v) is 6.21. The van der Waals surface area contributed by atoms with Crippen LogP contribution in [0.1, 0.15) is 33.2 Å². The van der Waals surface area contributed by atoms with Gasteiger partial charge in [-0.1, -0.05) is 42.5 Å². The van der Waals surface area contributed by atoms with E-state index in [-0.39, 0.29) is 28.6 Å². The van der Waals surface area contributed by atoms with Gasteiger partial charge in [-0.25, -0.2) is 9.18 Å². The second kappa shape index (κ2) is 9.95. The molecule has 0 N–H and O–H groups in total. The molecule has 0 aliphatic carbocycles. The number of halogens is 1. The molecule has 0 spiro atoms. The molecule has 4 aromatic carbocycles. The molecule has 39 heavy (non-hydrogen) atoms. The van der Waals surface area contributed by atoms with Gasteiger partial charge in [0.1, 0.15) is 40.0 Å². The van der Waals surface area contributed by atoms with Crippen molar-refractivity contribution in [3.8, 4) is 28.6 Å². The molecule has 0 fully saturated rings. The molecule has 192 valence electrons. The highest BCUT2D eigenvalue weighted by molar-refractivity contribution is 6.15. The van der Waals surface area contributed by atoms with E-state index in [2.05, 4.69) is 0 Å². The number of carbonyl (C=O) groups excluding carboxylic acids is 2. The quantitative estimate of drug-likeness (QED) is 0.131. The Kier molecular flexibility index (Phi) is 6.17. The van der Waals surface area contributed by atoms with E-state index in [4.69, 9.17) is 18.6 Å². The summed E-state index contributed by atoms with van der Waals surface area (Å²) < 4.78 is 36.8. The summed E-state index contributed by atoms with van der Waals surface area (Å²) in [6.45, 7) is 2.35. The van der Waals surface area contributed by atoms with E-state index in [1.165, 1.54) is 36.4 Å². The minimum absolute atomic E-state index is 0.0507. The van der Waals surface area contributed by atoms with Gasteiger partial charge in [0.05, 0.1) is 12.2 Å². The lowest BCUT2D eigenvalue weighted by molar-refractivity contribution is 0.0736. The number of hydrogen-bond acceptors (Lipinski definition) is 6. The summed E-state index contributed by atoms with van der Waals surface area (Å²) in [5.74, 6) is 0.0496. The Hall–Kier alpha value is -5.17. The molecule has 0 radical (unpaired) electrons. The van der Waals surface area contributed by atoms with Crippen LogP contribution in [0.3, 0.4) is 0 Å². The topological polar surface area (TPSA) is 75.0 Å². The predicted molar refractivity (Wildman–Crippen MR) is 144 cm³/mol. The van der Waals surface area contributed by atoms with Crippen molar-refractivity contribution in [3.05, 3.63) is 119 Å². The molecule has 7 heteroatoms. The summed E-state index contributed by atoms with van der Waals surface area (Å²) >= 11 is 0. The molecular weight excluding hydrogens is 499 g/mol. The van der Waals surface area contributed by atoms with Gasteiger partial charge in [0.25, 0.3) is 0 Å². The fraction of sp³-hybridized carbons (Fsp3) is 0.0625. The minimum Gasteiger partial charge on any atom is -0.494 e. The molecule has 6 nitrogen and oxygen atoms in total. The van der Waals surface area contributed by atoms with Gasteiger partial charge < -0.3 is 18.6 Å². The molecule has 0 atom stereocenters. The average Bonchev–Trinajstić information content (AvgIpc) is 3.46. The van der Waals surface area contributed by atoms with Crippen LogP contribution in [0.2, 0.25) is 0 Å². The van der Waals surface area contributed by atoms with E-state index in [0.29, 0.717) is 45.8 Å². The number of carbonyl (C=O) groups is 2. The van der Waals surface area contributed by atoms with Crippen molar-refractivity contribution in [3.63, 3.8) is 0 Å². The van der Waals surface area contributed by atoms with Crippen LogP contribution < -0.4 is 14.2 Å². The predicted octanol–water partition coefficient (Wildman–Crippen LogP) is 7.47. The van der Waals surface area contributed by atoms with Crippen molar-refractivity contribution in [2.24, 2.45) is 0 Å². The Morgan fingerprint density at radius 1 is 0.923 bits per heavy atom. The molecule has 6 rings (SSSR count). The van der Waals surface area contributed by atoms with E-state index in [1.807, 2.05) is 37.3 Å².